The van der Waals surface area contributed by atoms with Crippen LogP contribution < -0.4 is 10.5 Å². The maximum absolute atomic E-state index is 13.1. The molecule has 0 aliphatic carbocycles. The average Bonchev–Trinajstić information content (AvgIpc) is 2.42. The molecule has 0 saturated carbocycles. The first kappa shape index (κ1) is 13.8. The van der Waals surface area contributed by atoms with Gasteiger partial charge in [0, 0.05) is 10.6 Å². The van der Waals surface area contributed by atoms with Gasteiger partial charge < -0.3 is 10.5 Å². The quantitative estimate of drug-likeness (QED) is 0.908. The van der Waals surface area contributed by atoms with Crippen LogP contribution in [0.4, 0.5) is 4.39 Å². The second kappa shape index (κ2) is 6.55. The van der Waals surface area contributed by atoms with E-state index < -0.39 is 0 Å². The molecule has 2 N–H and O–H groups in total. The normalized spacial score (nSPS) is 10.5. The summed E-state index contributed by atoms with van der Waals surface area (Å²) in [5, 5.41) is 0.498. The third-order valence-electron chi connectivity index (χ3n) is 2.78. The van der Waals surface area contributed by atoms with Crippen molar-refractivity contribution in [1.82, 2.24) is 0 Å². The Morgan fingerprint density at radius 2 is 1.89 bits per heavy atom. The molecule has 0 heterocycles. The van der Waals surface area contributed by atoms with Gasteiger partial charge in [-0.2, -0.15) is 0 Å². The molecule has 2 rings (SSSR count). The third kappa shape index (κ3) is 3.69. The smallest absolute Gasteiger partial charge is 0.123 e. The summed E-state index contributed by atoms with van der Waals surface area (Å²) in [5.41, 5.74) is 7.22. The Morgan fingerprint density at radius 1 is 1.11 bits per heavy atom. The van der Waals surface area contributed by atoms with Crippen molar-refractivity contribution in [3.63, 3.8) is 0 Å². The first-order valence-electron chi connectivity index (χ1n) is 6.05. The zero-order valence-electron chi connectivity index (χ0n) is 10.4. The van der Waals surface area contributed by atoms with E-state index in [4.69, 9.17) is 22.1 Å². The Bertz CT molecular complexity index is 560. The lowest BCUT2D eigenvalue weighted by Gasteiger charge is -2.11. The van der Waals surface area contributed by atoms with E-state index in [0.717, 1.165) is 17.7 Å². The van der Waals surface area contributed by atoms with Crippen molar-refractivity contribution in [2.24, 2.45) is 5.73 Å². The second-order valence-corrected chi connectivity index (χ2v) is 4.58. The predicted octanol–water partition coefficient (Wildman–Crippen LogP) is 3.56. The Hall–Kier alpha value is -1.58. The lowest BCUT2D eigenvalue weighted by molar-refractivity contribution is 0.302. The fraction of sp³-hybridized carbons (Fsp3) is 0.200. The minimum atomic E-state index is -0.321. The molecular formula is C15H15ClFNO. The molecule has 0 radical (unpaired) electrons. The number of benzene rings is 2. The highest BCUT2D eigenvalue weighted by Crippen LogP contribution is 2.22. The molecule has 0 aliphatic heterocycles. The fourth-order valence-electron chi connectivity index (χ4n) is 1.82. The minimum Gasteiger partial charge on any atom is -0.489 e. The Labute approximate surface area is 117 Å². The zero-order valence-corrected chi connectivity index (χ0v) is 11.2. The van der Waals surface area contributed by atoms with Crippen molar-refractivity contribution >= 4 is 11.6 Å². The summed E-state index contributed by atoms with van der Waals surface area (Å²) >= 11 is 6.00. The molecular weight excluding hydrogens is 265 g/mol. The van der Waals surface area contributed by atoms with Gasteiger partial charge in [-0.1, -0.05) is 29.8 Å². The lowest BCUT2D eigenvalue weighted by atomic mass is 10.1. The molecule has 2 aromatic carbocycles. The van der Waals surface area contributed by atoms with E-state index in [1.165, 1.54) is 18.2 Å². The maximum Gasteiger partial charge on any atom is 0.123 e. The van der Waals surface area contributed by atoms with Crippen molar-refractivity contribution in [3.05, 3.63) is 64.4 Å². The van der Waals surface area contributed by atoms with Crippen LogP contribution in [0.5, 0.6) is 5.75 Å². The summed E-state index contributed by atoms with van der Waals surface area (Å²) in [6.45, 7) is 0.791. The predicted molar refractivity (Wildman–Crippen MR) is 74.9 cm³/mol. The molecule has 0 unspecified atom stereocenters. The summed E-state index contributed by atoms with van der Waals surface area (Å²) in [4.78, 5) is 0. The van der Waals surface area contributed by atoms with Crippen molar-refractivity contribution in [2.75, 3.05) is 6.54 Å². The monoisotopic (exact) mass is 279 g/mol. The Kier molecular flexibility index (Phi) is 4.77. The summed E-state index contributed by atoms with van der Waals surface area (Å²) in [6, 6.07) is 11.9. The standard InChI is InChI=1S/C15H15ClFNO/c16-14-6-5-13(17)9-12(14)10-19-15-4-2-1-3-11(15)7-8-18/h1-6,9H,7-8,10,18H2. The molecule has 0 spiro atoms. The van der Waals surface area contributed by atoms with Gasteiger partial charge in [0.2, 0.25) is 0 Å². The summed E-state index contributed by atoms with van der Waals surface area (Å²) < 4.78 is 18.8. The van der Waals surface area contributed by atoms with Crippen LogP contribution in [0, 0.1) is 5.82 Å². The fourth-order valence-corrected chi connectivity index (χ4v) is 1.99. The number of ether oxygens (including phenoxy) is 1. The first-order valence-corrected chi connectivity index (χ1v) is 6.43. The van der Waals surface area contributed by atoms with Gasteiger partial charge in [-0.3, -0.25) is 0 Å². The van der Waals surface area contributed by atoms with Crippen LogP contribution in [0.3, 0.4) is 0 Å². The van der Waals surface area contributed by atoms with Crippen LogP contribution in [0.15, 0.2) is 42.5 Å². The zero-order chi connectivity index (χ0) is 13.7. The molecule has 4 heteroatoms. The highest BCUT2D eigenvalue weighted by molar-refractivity contribution is 6.31. The molecule has 2 aromatic rings. The van der Waals surface area contributed by atoms with Crippen molar-refractivity contribution in [2.45, 2.75) is 13.0 Å². The van der Waals surface area contributed by atoms with Gasteiger partial charge in [0.15, 0.2) is 0 Å². The van der Waals surface area contributed by atoms with Gasteiger partial charge in [-0.25, -0.2) is 4.39 Å². The van der Waals surface area contributed by atoms with Crippen molar-refractivity contribution in [1.29, 1.82) is 0 Å². The maximum atomic E-state index is 13.1. The van der Waals surface area contributed by atoms with Crippen LogP contribution in [0.2, 0.25) is 5.02 Å². The lowest BCUT2D eigenvalue weighted by Crippen LogP contribution is -2.05. The van der Waals surface area contributed by atoms with Gasteiger partial charge in [-0.05, 0) is 42.8 Å². The van der Waals surface area contributed by atoms with Gasteiger partial charge in [0.1, 0.15) is 18.2 Å². The number of halogens is 2. The summed E-state index contributed by atoms with van der Waals surface area (Å²) in [6.07, 6.45) is 0.743. The summed E-state index contributed by atoms with van der Waals surface area (Å²) in [5.74, 6) is 0.437. The molecule has 0 aromatic heterocycles. The van der Waals surface area contributed by atoms with Crippen molar-refractivity contribution < 1.29 is 9.13 Å². The van der Waals surface area contributed by atoms with E-state index in [9.17, 15) is 4.39 Å². The molecule has 0 bridgehead atoms. The van der Waals surface area contributed by atoms with Crippen LogP contribution in [-0.4, -0.2) is 6.54 Å². The van der Waals surface area contributed by atoms with E-state index in [1.807, 2.05) is 24.3 Å². The van der Waals surface area contributed by atoms with Gasteiger partial charge in [0.05, 0.1) is 0 Å². The molecule has 2 nitrogen and oxygen atoms in total. The van der Waals surface area contributed by atoms with Crippen molar-refractivity contribution in [3.8, 4) is 5.75 Å². The van der Waals surface area contributed by atoms with E-state index >= 15 is 0 Å². The topological polar surface area (TPSA) is 35.2 Å². The van der Waals surface area contributed by atoms with Gasteiger partial charge >= 0.3 is 0 Å². The minimum absolute atomic E-state index is 0.234. The van der Waals surface area contributed by atoms with Gasteiger partial charge in [-0.15, -0.1) is 0 Å². The van der Waals surface area contributed by atoms with E-state index in [1.54, 1.807) is 0 Å². The second-order valence-electron chi connectivity index (χ2n) is 4.17. The molecule has 0 aliphatic rings. The molecule has 0 saturated heterocycles. The molecule has 19 heavy (non-hydrogen) atoms. The van der Waals surface area contributed by atoms with Crippen LogP contribution in [-0.2, 0) is 13.0 Å². The third-order valence-corrected chi connectivity index (χ3v) is 3.15. The number of hydrogen-bond donors (Lipinski definition) is 1. The average molecular weight is 280 g/mol. The number of nitrogens with two attached hydrogens (primary N) is 1. The SMILES string of the molecule is NCCc1ccccc1OCc1cc(F)ccc1Cl. The molecule has 0 fully saturated rings. The van der Waals surface area contributed by atoms with Crippen LogP contribution in [0.1, 0.15) is 11.1 Å². The Morgan fingerprint density at radius 3 is 2.68 bits per heavy atom. The molecule has 0 amide bonds. The summed E-state index contributed by atoms with van der Waals surface area (Å²) in [7, 11) is 0. The number of hydrogen-bond acceptors (Lipinski definition) is 2. The van der Waals surface area contributed by atoms with Crippen LogP contribution >= 0.6 is 11.6 Å². The number of rotatable bonds is 5. The van der Waals surface area contributed by atoms with Crippen LogP contribution in [0.25, 0.3) is 0 Å². The highest BCUT2D eigenvalue weighted by Gasteiger charge is 2.06. The molecule has 100 valence electrons. The van der Waals surface area contributed by atoms with E-state index in [-0.39, 0.29) is 12.4 Å². The number of para-hydroxylation sites is 1. The molecule has 0 atom stereocenters. The van der Waals surface area contributed by atoms with E-state index in [0.29, 0.717) is 17.1 Å². The van der Waals surface area contributed by atoms with Gasteiger partial charge in [0.25, 0.3) is 0 Å². The van der Waals surface area contributed by atoms with E-state index in [2.05, 4.69) is 0 Å². The first-order chi connectivity index (χ1) is 9.20. The largest absolute Gasteiger partial charge is 0.489 e. The Balaban J connectivity index is 2.12. The highest BCUT2D eigenvalue weighted by atomic mass is 35.5.